The molecule has 13 heavy (non-hydrogen) atoms. The topological polar surface area (TPSA) is 75.6 Å². The van der Waals surface area contributed by atoms with Gasteiger partial charge in [0.2, 0.25) is 5.54 Å². The number of nitrogens with one attached hydrogen (secondary N) is 1. The van der Waals surface area contributed by atoms with Crippen molar-refractivity contribution in [3.8, 4) is 0 Å². The third kappa shape index (κ3) is 1.65. The zero-order valence-electron chi connectivity index (χ0n) is 7.50. The monoisotopic (exact) mass is 187 g/mol. The van der Waals surface area contributed by atoms with Crippen molar-refractivity contribution in [1.29, 1.82) is 0 Å². The fourth-order valence-corrected chi connectivity index (χ4v) is 1.44. The second-order valence-corrected chi connectivity index (χ2v) is 2.96. The quantitative estimate of drug-likeness (QED) is 0.471. The van der Waals surface area contributed by atoms with Crippen LogP contribution in [-0.4, -0.2) is 35.7 Å². The van der Waals surface area contributed by atoms with E-state index in [9.17, 15) is 9.59 Å². The molecule has 0 aliphatic carbocycles. The Morgan fingerprint density at radius 1 is 1.62 bits per heavy atom. The minimum Gasteiger partial charge on any atom is -0.479 e. The summed E-state index contributed by atoms with van der Waals surface area (Å²) in [5, 5.41) is 11.6. The lowest BCUT2D eigenvalue weighted by molar-refractivity contribution is -0.161. The molecule has 5 heteroatoms. The largest absolute Gasteiger partial charge is 0.479 e. The maximum atomic E-state index is 11.3. The second kappa shape index (κ2) is 3.74. The highest BCUT2D eigenvalue weighted by molar-refractivity contribution is 6.04. The number of esters is 1. The first-order valence-electron chi connectivity index (χ1n) is 4.29. The Morgan fingerprint density at radius 2 is 2.31 bits per heavy atom. The molecular formula is C8H13NO4. The first-order chi connectivity index (χ1) is 6.13. The van der Waals surface area contributed by atoms with E-state index >= 15 is 0 Å². The summed E-state index contributed by atoms with van der Waals surface area (Å²) in [6.45, 7) is 2.41. The molecule has 1 aliphatic rings. The Labute approximate surface area is 76.1 Å². The van der Waals surface area contributed by atoms with Gasteiger partial charge in [-0.2, -0.15) is 0 Å². The minimum atomic E-state index is -1.49. The van der Waals surface area contributed by atoms with Gasteiger partial charge in [0.25, 0.3) is 0 Å². The van der Waals surface area contributed by atoms with Crippen LogP contribution in [0.15, 0.2) is 0 Å². The summed E-state index contributed by atoms with van der Waals surface area (Å²) in [4.78, 5) is 22.2. The van der Waals surface area contributed by atoms with E-state index in [0.29, 0.717) is 19.4 Å². The number of carbonyl (C=O) groups is 2. The molecule has 0 amide bonds. The van der Waals surface area contributed by atoms with Crippen molar-refractivity contribution in [2.24, 2.45) is 0 Å². The lowest BCUT2D eigenvalue weighted by atomic mass is 9.98. The molecule has 0 aromatic carbocycles. The molecule has 1 aliphatic heterocycles. The van der Waals surface area contributed by atoms with Crippen LogP contribution in [0.4, 0.5) is 0 Å². The van der Waals surface area contributed by atoms with Crippen LogP contribution in [0.3, 0.4) is 0 Å². The molecule has 0 radical (unpaired) electrons. The highest BCUT2D eigenvalue weighted by atomic mass is 16.5. The average Bonchev–Trinajstić information content (AvgIpc) is 2.53. The van der Waals surface area contributed by atoms with Crippen molar-refractivity contribution in [2.45, 2.75) is 25.3 Å². The Balaban J connectivity index is 2.78. The van der Waals surface area contributed by atoms with Crippen LogP contribution in [0.1, 0.15) is 19.8 Å². The molecule has 0 bridgehead atoms. The lowest BCUT2D eigenvalue weighted by Gasteiger charge is -2.21. The molecule has 1 fully saturated rings. The minimum absolute atomic E-state index is 0.204. The number of carboxylic acid groups (broad SMARTS) is 1. The number of carbonyl (C=O) groups excluding carboxylic acids is 1. The van der Waals surface area contributed by atoms with E-state index in [2.05, 4.69) is 5.32 Å². The number of hydrogen-bond acceptors (Lipinski definition) is 4. The second-order valence-electron chi connectivity index (χ2n) is 2.96. The molecule has 0 spiro atoms. The number of hydrogen-bond donors (Lipinski definition) is 2. The third-order valence-corrected chi connectivity index (χ3v) is 2.14. The van der Waals surface area contributed by atoms with Gasteiger partial charge in [-0.25, -0.2) is 9.59 Å². The van der Waals surface area contributed by atoms with Crippen LogP contribution >= 0.6 is 0 Å². The summed E-state index contributed by atoms with van der Waals surface area (Å²) in [6.07, 6.45) is 0.992. The number of aliphatic carboxylic acids is 1. The Hall–Kier alpha value is -1.10. The van der Waals surface area contributed by atoms with E-state index in [4.69, 9.17) is 9.84 Å². The summed E-state index contributed by atoms with van der Waals surface area (Å²) in [6, 6.07) is 0. The van der Waals surface area contributed by atoms with Gasteiger partial charge < -0.3 is 9.84 Å². The zero-order chi connectivity index (χ0) is 9.90. The summed E-state index contributed by atoms with van der Waals surface area (Å²) in [7, 11) is 0. The summed E-state index contributed by atoms with van der Waals surface area (Å²) in [5.41, 5.74) is -1.49. The molecule has 1 unspecified atom stereocenters. The van der Waals surface area contributed by atoms with Gasteiger partial charge in [0.05, 0.1) is 6.61 Å². The standard InChI is InChI=1S/C8H13NO4/c1-2-13-7(12)8(6(10)11)4-3-5-9-8/h9H,2-5H2,1H3,(H,10,11). The Kier molecular flexibility index (Phi) is 2.87. The van der Waals surface area contributed by atoms with E-state index in [1.54, 1.807) is 6.92 Å². The summed E-state index contributed by atoms with van der Waals surface area (Å²) < 4.78 is 4.71. The van der Waals surface area contributed by atoms with E-state index < -0.39 is 17.5 Å². The maximum Gasteiger partial charge on any atom is 0.338 e. The molecule has 1 heterocycles. The van der Waals surface area contributed by atoms with Crippen LogP contribution < -0.4 is 5.32 Å². The Bertz CT molecular complexity index is 220. The molecular weight excluding hydrogens is 174 g/mol. The van der Waals surface area contributed by atoms with Gasteiger partial charge in [-0.15, -0.1) is 0 Å². The number of ether oxygens (including phenoxy) is 1. The molecule has 0 saturated carbocycles. The molecule has 74 valence electrons. The normalized spacial score (nSPS) is 27.2. The van der Waals surface area contributed by atoms with Crippen LogP contribution in [0.25, 0.3) is 0 Å². The average molecular weight is 187 g/mol. The van der Waals surface area contributed by atoms with Gasteiger partial charge in [-0.1, -0.05) is 0 Å². The SMILES string of the molecule is CCOC(=O)C1(C(=O)O)CCCN1. The van der Waals surface area contributed by atoms with Crippen LogP contribution in [0, 0.1) is 0 Å². The van der Waals surface area contributed by atoms with Crippen LogP contribution in [-0.2, 0) is 14.3 Å². The van der Waals surface area contributed by atoms with Gasteiger partial charge >= 0.3 is 11.9 Å². The van der Waals surface area contributed by atoms with Crippen LogP contribution in [0.2, 0.25) is 0 Å². The van der Waals surface area contributed by atoms with Crippen LogP contribution in [0.5, 0.6) is 0 Å². The molecule has 5 nitrogen and oxygen atoms in total. The maximum absolute atomic E-state index is 11.3. The first kappa shape index (κ1) is 9.98. The lowest BCUT2D eigenvalue weighted by Crippen LogP contribution is -2.55. The van der Waals surface area contributed by atoms with Crippen molar-refractivity contribution in [3.05, 3.63) is 0 Å². The predicted octanol–water partition coefficient (Wildman–Crippen LogP) is -0.244. The van der Waals surface area contributed by atoms with Crippen molar-refractivity contribution in [2.75, 3.05) is 13.2 Å². The van der Waals surface area contributed by atoms with Gasteiger partial charge in [0.15, 0.2) is 0 Å². The smallest absolute Gasteiger partial charge is 0.338 e. The van der Waals surface area contributed by atoms with Gasteiger partial charge in [0, 0.05) is 0 Å². The van der Waals surface area contributed by atoms with Crippen molar-refractivity contribution in [1.82, 2.24) is 5.32 Å². The molecule has 0 aromatic rings. The number of carboxylic acids is 1. The summed E-state index contributed by atoms with van der Waals surface area (Å²) >= 11 is 0. The summed E-state index contributed by atoms with van der Waals surface area (Å²) in [5.74, 6) is -1.83. The van der Waals surface area contributed by atoms with Gasteiger partial charge in [-0.3, -0.25) is 5.32 Å². The Morgan fingerprint density at radius 3 is 2.69 bits per heavy atom. The zero-order valence-corrected chi connectivity index (χ0v) is 7.50. The van der Waals surface area contributed by atoms with E-state index in [1.165, 1.54) is 0 Å². The molecule has 2 N–H and O–H groups in total. The predicted molar refractivity (Wildman–Crippen MR) is 44.2 cm³/mol. The fraction of sp³-hybridized carbons (Fsp3) is 0.750. The van der Waals surface area contributed by atoms with Crippen molar-refractivity contribution in [3.63, 3.8) is 0 Å². The van der Waals surface area contributed by atoms with Gasteiger partial charge in [-0.05, 0) is 26.3 Å². The van der Waals surface area contributed by atoms with Crippen molar-refractivity contribution >= 4 is 11.9 Å². The third-order valence-electron chi connectivity index (χ3n) is 2.14. The van der Waals surface area contributed by atoms with E-state index in [1.807, 2.05) is 0 Å². The van der Waals surface area contributed by atoms with Gasteiger partial charge in [0.1, 0.15) is 0 Å². The highest BCUT2D eigenvalue weighted by Crippen LogP contribution is 2.21. The van der Waals surface area contributed by atoms with Crippen molar-refractivity contribution < 1.29 is 19.4 Å². The fourth-order valence-electron chi connectivity index (χ4n) is 1.44. The number of rotatable bonds is 3. The highest BCUT2D eigenvalue weighted by Gasteiger charge is 2.49. The van der Waals surface area contributed by atoms with E-state index in [-0.39, 0.29) is 6.61 Å². The molecule has 0 aromatic heterocycles. The first-order valence-corrected chi connectivity index (χ1v) is 4.29. The molecule has 1 saturated heterocycles. The molecule has 1 atom stereocenters. The molecule has 1 rings (SSSR count). The van der Waals surface area contributed by atoms with E-state index in [0.717, 1.165) is 0 Å².